The van der Waals surface area contributed by atoms with Crippen LogP contribution in [-0.2, 0) is 16.6 Å². The summed E-state index contributed by atoms with van der Waals surface area (Å²) < 4.78 is 2.36. The summed E-state index contributed by atoms with van der Waals surface area (Å²) in [4.78, 5) is 25.1. The monoisotopic (exact) mass is 373 g/mol. The van der Waals surface area contributed by atoms with Crippen molar-refractivity contribution in [3.05, 3.63) is 40.9 Å². The van der Waals surface area contributed by atoms with Crippen molar-refractivity contribution in [2.75, 3.05) is 0 Å². The lowest BCUT2D eigenvalue weighted by molar-refractivity contribution is -0.133. The predicted octanol–water partition coefficient (Wildman–Crippen LogP) is 3.46. The highest BCUT2D eigenvalue weighted by molar-refractivity contribution is 8.26. The van der Waals surface area contributed by atoms with Crippen molar-refractivity contribution in [1.29, 1.82) is 0 Å². The van der Waals surface area contributed by atoms with Crippen molar-refractivity contribution >= 4 is 57.1 Å². The quantitative estimate of drug-likeness (QED) is 0.659. The number of nitrogens with one attached hydrogen (secondary N) is 1. The minimum absolute atomic E-state index is 0.210. The lowest BCUT2D eigenvalue weighted by atomic mass is 10.1. The normalized spacial score (nSPS) is 16.5. The van der Waals surface area contributed by atoms with E-state index in [4.69, 9.17) is 12.2 Å². The number of benzene rings is 1. The van der Waals surface area contributed by atoms with E-state index in [-0.39, 0.29) is 17.7 Å². The Balaban J connectivity index is 1.86. The number of nitrogens with zero attached hydrogens (tertiary/aromatic N) is 2. The molecule has 2 aromatic rings. The first-order valence-electron chi connectivity index (χ1n) is 7.98. The van der Waals surface area contributed by atoms with Crippen molar-refractivity contribution < 1.29 is 9.59 Å². The zero-order valence-electron chi connectivity index (χ0n) is 14.3. The number of hydrogen-bond donors (Lipinski definition) is 1. The Morgan fingerprint density at radius 2 is 2.08 bits per heavy atom. The molecule has 0 aliphatic carbocycles. The number of para-hydroxylation sites is 1. The Bertz CT molecular complexity index is 899. The smallest absolute Gasteiger partial charge is 0.285 e. The van der Waals surface area contributed by atoms with E-state index >= 15 is 0 Å². The minimum atomic E-state index is -0.292. The van der Waals surface area contributed by atoms with Gasteiger partial charge in [0, 0.05) is 36.1 Å². The molecule has 1 aromatic heterocycles. The Kier molecular flexibility index (Phi) is 4.96. The SMILES string of the molecule is CC(C)CC(=O)NN1C(=O)/C(=C/c2cn(C)c3ccccc23)SC1=S. The molecule has 0 radical (unpaired) electrons. The molecular formula is C18H19N3O2S2. The Morgan fingerprint density at radius 3 is 2.80 bits per heavy atom. The molecule has 5 nitrogen and oxygen atoms in total. The number of carbonyl (C=O) groups excluding carboxylic acids is 2. The van der Waals surface area contributed by atoms with Gasteiger partial charge < -0.3 is 4.57 Å². The number of aromatic nitrogens is 1. The first-order chi connectivity index (χ1) is 11.9. The fraction of sp³-hybridized carbons (Fsp3) is 0.278. The van der Waals surface area contributed by atoms with Gasteiger partial charge in [0.05, 0.1) is 4.91 Å². The molecule has 130 valence electrons. The van der Waals surface area contributed by atoms with Gasteiger partial charge in [-0.1, -0.05) is 43.8 Å². The van der Waals surface area contributed by atoms with Crippen molar-refractivity contribution in [3.63, 3.8) is 0 Å². The third-order valence-electron chi connectivity index (χ3n) is 3.84. The van der Waals surface area contributed by atoms with Crippen LogP contribution in [0, 0.1) is 5.92 Å². The van der Waals surface area contributed by atoms with Gasteiger partial charge in [-0.3, -0.25) is 15.0 Å². The van der Waals surface area contributed by atoms with Crippen molar-refractivity contribution in [3.8, 4) is 0 Å². The number of thiocarbonyl (C=S) groups is 1. The van der Waals surface area contributed by atoms with Gasteiger partial charge in [-0.2, -0.15) is 5.01 Å². The topological polar surface area (TPSA) is 54.3 Å². The third-order valence-corrected chi connectivity index (χ3v) is 5.14. The molecule has 2 heterocycles. The first kappa shape index (κ1) is 17.7. The Morgan fingerprint density at radius 1 is 1.36 bits per heavy atom. The second-order valence-electron chi connectivity index (χ2n) is 6.36. The number of aryl methyl sites for hydroxylation is 1. The van der Waals surface area contributed by atoms with E-state index in [1.54, 1.807) is 0 Å². The first-order valence-corrected chi connectivity index (χ1v) is 9.21. The molecule has 1 fully saturated rings. The van der Waals surface area contributed by atoms with Gasteiger partial charge >= 0.3 is 0 Å². The average Bonchev–Trinajstić information content (AvgIpc) is 2.99. The van der Waals surface area contributed by atoms with E-state index in [0.717, 1.165) is 16.5 Å². The van der Waals surface area contributed by atoms with E-state index in [2.05, 4.69) is 5.43 Å². The molecule has 0 unspecified atom stereocenters. The number of carbonyl (C=O) groups is 2. The van der Waals surface area contributed by atoms with Crippen LogP contribution in [0.15, 0.2) is 35.4 Å². The number of amides is 2. The van der Waals surface area contributed by atoms with Crippen LogP contribution in [0.5, 0.6) is 0 Å². The standard InChI is InChI=1S/C18H19N3O2S2/c1-11(2)8-16(22)19-21-17(23)15(25-18(21)24)9-12-10-20(3)14-7-5-4-6-13(12)14/h4-7,9-11H,8H2,1-3H3,(H,19,22)/b15-9-. The van der Waals surface area contributed by atoms with Crippen LogP contribution >= 0.6 is 24.0 Å². The summed E-state index contributed by atoms with van der Waals surface area (Å²) in [5.41, 5.74) is 4.65. The van der Waals surface area contributed by atoms with E-state index in [0.29, 0.717) is 15.6 Å². The maximum atomic E-state index is 12.6. The largest absolute Gasteiger partial charge is 0.350 e. The summed E-state index contributed by atoms with van der Waals surface area (Å²) in [5, 5.41) is 2.24. The molecule has 7 heteroatoms. The van der Waals surface area contributed by atoms with Gasteiger partial charge in [0.2, 0.25) is 5.91 Å². The number of fused-ring (bicyclic) bond motifs is 1. The fourth-order valence-corrected chi connectivity index (χ4v) is 3.90. The Hall–Kier alpha value is -2.12. The predicted molar refractivity (Wildman–Crippen MR) is 106 cm³/mol. The summed E-state index contributed by atoms with van der Waals surface area (Å²) in [6.45, 7) is 3.90. The van der Waals surface area contributed by atoms with Crippen molar-refractivity contribution in [1.82, 2.24) is 15.0 Å². The molecule has 1 aromatic carbocycles. The highest BCUT2D eigenvalue weighted by Crippen LogP contribution is 2.33. The van der Waals surface area contributed by atoms with Crippen LogP contribution in [0.25, 0.3) is 17.0 Å². The Labute approximate surface area is 156 Å². The molecule has 1 saturated heterocycles. The van der Waals surface area contributed by atoms with E-state index in [1.165, 1.54) is 16.8 Å². The number of hydrazine groups is 1. The second-order valence-corrected chi connectivity index (χ2v) is 8.04. The highest BCUT2D eigenvalue weighted by atomic mass is 32.2. The molecule has 1 N–H and O–H groups in total. The lowest BCUT2D eigenvalue weighted by Crippen LogP contribution is -2.45. The van der Waals surface area contributed by atoms with E-state index in [1.807, 2.05) is 62.0 Å². The van der Waals surface area contributed by atoms with E-state index in [9.17, 15) is 9.59 Å². The molecule has 2 amide bonds. The summed E-state index contributed by atoms with van der Waals surface area (Å²) in [7, 11) is 1.97. The number of rotatable bonds is 4. The van der Waals surface area contributed by atoms with Crippen LogP contribution in [0.4, 0.5) is 0 Å². The van der Waals surface area contributed by atoms with Crippen molar-refractivity contribution in [2.24, 2.45) is 13.0 Å². The average molecular weight is 374 g/mol. The van der Waals surface area contributed by atoms with Gasteiger partial charge in [-0.25, -0.2) is 0 Å². The molecule has 0 saturated carbocycles. The second kappa shape index (κ2) is 7.01. The van der Waals surface area contributed by atoms with Crippen molar-refractivity contribution in [2.45, 2.75) is 20.3 Å². The highest BCUT2D eigenvalue weighted by Gasteiger charge is 2.33. The summed E-state index contributed by atoms with van der Waals surface area (Å²) in [6, 6.07) is 8.00. The van der Waals surface area contributed by atoms with Crippen LogP contribution in [0.1, 0.15) is 25.8 Å². The lowest BCUT2D eigenvalue weighted by Gasteiger charge is -2.16. The number of thioether (sulfide) groups is 1. The van der Waals surface area contributed by atoms with E-state index < -0.39 is 0 Å². The van der Waals surface area contributed by atoms with Crippen LogP contribution in [-0.4, -0.2) is 25.7 Å². The van der Waals surface area contributed by atoms with Crippen LogP contribution in [0.3, 0.4) is 0 Å². The molecule has 0 bridgehead atoms. The minimum Gasteiger partial charge on any atom is -0.350 e. The van der Waals surface area contributed by atoms with Gasteiger partial charge in [0.1, 0.15) is 0 Å². The third kappa shape index (κ3) is 3.62. The molecule has 0 atom stereocenters. The number of hydrogen-bond acceptors (Lipinski definition) is 4. The molecular weight excluding hydrogens is 354 g/mol. The molecule has 1 aliphatic heterocycles. The van der Waals surface area contributed by atoms with Crippen LogP contribution < -0.4 is 5.43 Å². The zero-order valence-corrected chi connectivity index (χ0v) is 15.9. The van der Waals surface area contributed by atoms with Gasteiger partial charge in [-0.05, 0) is 30.3 Å². The summed E-state index contributed by atoms with van der Waals surface area (Å²) in [5.74, 6) is -0.289. The van der Waals surface area contributed by atoms with Gasteiger partial charge in [0.25, 0.3) is 5.91 Å². The van der Waals surface area contributed by atoms with Gasteiger partial charge in [-0.15, -0.1) is 0 Å². The molecule has 0 spiro atoms. The van der Waals surface area contributed by atoms with Crippen LogP contribution in [0.2, 0.25) is 0 Å². The summed E-state index contributed by atoms with van der Waals surface area (Å²) >= 11 is 6.45. The zero-order chi connectivity index (χ0) is 18.1. The molecule has 25 heavy (non-hydrogen) atoms. The summed E-state index contributed by atoms with van der Waals surface area (Å²) in [6.07, 6.45) is 4.16. The molecule has 1 aliphatic rings. The maximum Gasteiger partial charge on any atom is 0.285 e. The fourth-order valence-electron chi connectivity index (χ4n) is 2.73. The van der Waals surface area contributed by atoms with Gasteiger partial charge in [0.15, 0.2) is 4.32 Å². The maximum absolute atomic E-state index is 12.6. The molecule has 3 rings (SSSR count).